The maximum Gasteiger partial charge on any atom is 0.416 e. The molecule has 1 heterocycles. The fraction of sp³-hybridized carbons (Fsp3) is 0.400. The number of anilines is 2. The van der Waals surface area contributed by atoms with Crippen LogP contribution in [0.5, 0.6) is 0 Å². The molecule has 4 nitrogen and oxygen atoms in total. The molecular weight excluding hydrogens is 293 g/mol. The molecule has 1 aromatic carbocycles. The lowest BCUT2D eigenvalue weighted by molar-refractivity contribution is -0.137. The van der Waals surface area contributed by atoms with Crippen molar-refractivity contribution >= 4 is 11.5 Å². The maximum absolute atomic E-state index is 12.7. The number of hydrogen-bond donors (Lipinski definition) is 3. The highest BCUT2D eigenvalue weighted by molar-refractivity contribution is 5.57. The normalized spacial score (nSPS) is 22.0. The van der Waals surface area contributed by atoms with E-state index in [-0.39, 0.29) is 6.04 Å². The van der Waals surface area contributed by atoms with Crippen LogP contribution in [-0.4, -0.2) is 16.2 Å². The van der Waals surface area contributed by atoms with Crippen LogP contribution in [0.2, 0.25) is 0 Å². The summed E-state index contributed by atoms with van der Waals surface area (Å²) in [6.45, 7) is 0. The lowest BCUT2D eigenvalue weighted by Crippen LogP contribution is -2.14. The summed E-state index contributed by atoms with van der Waals surface area (Å²) < 4.78 is 38.1. The molecule has 2 unspecified atom stereocenters. The number of hydrogen-bond acceptors (Lipinski definition) is 3. The predicted octanol–water partition coefficient (Wildman–Crippen LogP) is 3.77. The first-order chi connectivity index (χ1) is 10.4. The zero-order chi connectivity index (χ0) is 15.7. The summed E-state index contributed by atoms with van der Waals surface area (Å²) in [5.74, 6) is 0.856. The Kier molecular flexibility index (Phi) is 3.82. The number of rotatable bonds is 3. The first-order valence-corrected chi connectivity index (χ1v) is 7.17. The molecule has 1 aliphatic carbocycles. The van der Waals surface area contributed by atoms with E-state index >= 15 is 0 Å². The molecule has 1 aromatic heterocycles. The second-order valence-electron chi connectivity index (χ2n) is 5.68. The van der Waals surface area contributed by atoms with Crippen molar-refractivity contribution in [3.05, 3.63) is 41.6 Å². The number of halogens is 3. The van der Waals surface area contributed by atoms with Gasteiger partial charge >= 0.3 is 6.18 Å². The number of alkyl halides is 3. The minimum Gasteiger partial charge on any atom is -0.339 e. The Morgan fingerprint density at radius 1 is 1.23 bits per heavy atom. The topological polar surface area (TPSA) is 66.7 Å². The van der Waals surface area contributed by atoms with E-state index < -0.39 is 11.7 Å². The van der Waals surface area contributed by atoms with Crippen LogP contribution in [0.25, 0.3) is 0 Å². The second kappa shape index (κ2) is 5.64. The van der Waals surface area contributed by atoms with E-state index in [1.165, 1.54) is 6.07 Å². The quantitative estimate of drug-likeness (QED) is 0.808. The maximum atomic E-state index is 12.7. The zero-order valence-corrected chi connectivity index (χ0v) is 11.8. The third-order valence-electron chi connectivity index (χ3n) is 3.97. The highest BCUT2D eigenvalue weighted by Crippen LogP contribution is 2.34. The third kappa shape index (κ3) is 3.24. The third-order valence-corrected chi connectivity index (χ3v) is 3.97. The highest BCUT2D eigenvalue weighted by Gasteiger charge is 2.30. The number of aromatic amines is 1. The van der Waals surface area contributed by atoms with Gasteiger partial charge in [0.1, 0.15) is 0 Å². The van der Waals surface area contributed by atoms with Gasteiger partial charge in [0, 0.05) is 29.4 Å². The molecule has 22 heavy (non-hydrogen) atoms. The monoisotopic (exact) mass is 310 g/mol. The first kappa shape index (κ1) is 14.9. The minimum atomic E-state index is -4.35. The smallest absolute Gasteiger partial charge is 0.339 e. The second-order valence-corrected chi connectivity index (χ2v) is 5.68. The van der Waals surface area contributed by atoms with Crippen molar-refractivity contribution in [2.45, 2.75) is 37.4 Å². The Morgan fingerprint density at radius 3 is 2.73 bits per heavy atom. The number of benzene rings is 1. The van der Waals surface area contributed by atoms with Crippen molar-refractivity contribution in [1.82, 2.24) is 10.2 Å². The van der Waals surface area contributed by atoms with E-state index in [0.717, 1.165) is 37.1 Å². The molecular formula is C15H17F3N4. The number of H-pyrrole nitrogens is 1. The molecule has 0 bridgehead atoms. The van der Waals surface area contributed by atoms with Crippen LogP contribution in [0, 0.1) is 0 Å². The van der Waals surface area contributed by atoms with Crippen LogP contribution >= 0.6 is 0 Å². The molecule has 1 aliphatic rings. The van der Waals surface area contributed by atoms with Gasteiger partial charge in [0.25, 0.3) is 0 Å². The largest absolute Gasteiger partial charge is 0.416 e. The summed E-state index contributed by atoms with van der Waals surface area (Å²) in [6, 6.07) is 7.11. The van der Waals surface area contributed by atoms with Crippen LogP contribution in [-0.2, 0) is 6.18 Å². The van der Waals surface area contributed by atoms with Gasteiger partial charge in [-0.25, -0.2) is 0 Å². The molecule has 1 fully saturated rings. The van der Waals surface area contributed by atoms with Crippen molar-refractivity contribution in [1.29, 1.82) is 0 Å². The summed E-state index contributed by atoms with van der Waals surface area (Å²) in [5, 5.41) is 9.96. The number of aromatic nitrogens is 2. The van der Waals surface area contributed by atoms with Gasteiger partial charge in [-0.1, -0.05) is 6.07 Å². The Bertz CT molecular complexity index is 650. The number of nitrogens with zero attached hydrogens (tertiary/aromatic N) is 1. The van der Waals surface area contributed by atoms with Gasteiger partial charge in [-0.05, 0) is 37.5 Å². The van der Waals surface area contributed by atoms with Gasteiger partial charge in [-0.3, -0.25) is 5.10 Å². The SMILES string of the molecule is NC1CCC(c2cc(Nc3cccc(C(F)(F)F)c3)n[nH]2)C1. The van der Waals surface area contributed by atoms with Gasteiger partial charge in [-0.15, -0.1) is 0 Å². The molecule has 0 radical (unpaired) electrons. The van der Waals surface area contributed by atoms with Gasteiger partial charge in [-0.2, -0.15) is 18.3 Å². The van der Waals surface area contributed by atoms with E-state index in [9.17, 15) is 13.2 Å². The van der Waals surface area contributed by atoms with Crippen molar-refractivity contribution in [2.75, 3.05) is 5.32 Å². The molecule has 0 spiro atoms. The van der Waals surface area contributed by atoms with Crippen LogP contribution in [0.1, 0.15) is 36.4 Å². The zero-order valence-electron chi connectivity index (χ0n) is 11.8. The van der Waals surface area contributed by atoms with Crippen molar-refractivity contribution in [3.63, 3.8) is 0 Å². The van der Waals surface area contributed by atoms with Crippen LogP contribution in [0.4, 0.5) is 24.7 Å². The van der Waals surface area contributed by atoms with Gasteiger partial charge < -0.3 is 11.1 Å². The molecule has 0 saturated heterocycles. The van der Waals surface area contributed by atoms with E-state index in [1.807, 2.05) is 6.07 Å². The van der Waals surface area contributed by atoms with Gasteiger partial charge in [0.05, 0.1) is 5.56 Å². The summed E-state index contributed by atoms with van der Waals surface area (Å²) in [6.07, 6.45) is -1.45. The molecule has 2 atom stereocenters. The Morgan fingerprint density at radius 2 is 2.05 bits per heavy atom. The molecule has 0 aliphatic heterocycles. The summed E-state index contributed by atoms with van der Waals surface area (Å²) in [5.41, 5.74) is 6.54. The summed E-state index contributed by atoms with van der Waals surface area (Å²) in [7, 11) is 0. The molecule has 3 rings (SSSR count). The fourth-order valence-electron chi connectivity index (χ4n) is 2.83. The number of nitrogens with one attached hydrogen (secondary N) is 2. The fourth-order valence-corrected chi connectivity index (χ4v) is 2.83. The van der Waals surface area contributed by atoms with E-state index in [2.05, 4.69) is 15.5 Å². The molecule has 1 saturated carbocycles. The number of nitrogens with two attached hydrogens (primary N) is 1. The molecule has 7 heteroatoms. The van der Waals surface area contributed by atoms with E-state index in [1.54, 1.807) is 6.07 Å². The average molecular weight is 310 g/mol. The van der Waals surface area contributed by atoms with Crippen molar-refractivity contribution < 1.29 is 13.2 Å². The average Bonchev–Trinajstić information content (AvgIpc) is 3.07. The molecule has 0 amide bonds. The van der Waals surface area contributed by atoms with Gasteiger partial charge in [0.15, 0.2) is 5.82 Å². The van der Waals surface area contributed by atoms with Crippen LogP contribution in [0.15, 0.2) is 30.3 Å². The lowest BCUT2D eigenvalue weighted by atomic mass is 10.0. The van der Waals surface area contributed by atoms with Crippen molar-refractivity contribution in [2.24, 2.45) is 5.73 Å². The molecule has 118 valence electrons. The first-order valence-electron chi connectivity index (χ1n) is 7.17. The Balaban J connectivity index is 1.73. The van der Waals surface area contributed by atoms with Crippen LogP contribution < -0.4 is 11.1 Å². The lowest BCUT2D eigenvalue weighted by Gasteiger charge is -2.09. The molecule has 4 N–H and O–H groups in total. The van der Waals surface area contributed by atoms with Crippen LogP contribution in [0.3, 0.4) is 0 Å². The molecule has 2 aromatic rings. The Labute approximate surface area is 125 Å². The Hall–Kier alpha value is -2.02. The standard InChI is InChI=1S/C15H17F3N4/c16-15(17,18)10-2-1-3-12(7-10)20-14-8-13(21-22-14)9-4-5-11(19)6-9/h1-3,7-9,11H,4-6,19H2,(H2,20,21,22). The minimum absolute atomic E-state index is 0.216. The summed E-state index contributed by atoms with van der Waals surface area (Å²) >= 11 is 0. The van der Waals surface area contributed by atoms with E-state index in [4.69, 9.17) is 5.73 Å². The van der Waals surface area contributed by atoms with E-state index in [0.29, 0.717) is 17.4 Å². The predicted molar refractivity (Wildman–Crippen MR) is 77.9 cm³/mol. The van der Waals surface area contributed by atoms with Gasteiger partial charge in [0.2, 0.25) is 0 Å². The van der Waals surface area contributed by atoms with Crippen molar-refractivity contribution in [3.8, 4) is 0 Å². The highest BCUT2D eigenvalue weighted by atomic mass is 19.4. The summed E-state index contributed by atoms with van der Waals surface area (Å²) in [4.78, 5) is 0.